The average Bonchev–Trinajstić information content (AvgIpc) is 2.74. The van der Waals surface area contributed by atoms with Gasteiger partial charge in [-0.2, -0.15) is 0 Å². The fraction of sp³-hybridized carbons (Fsp3) is 0.227. The molecule has 0 unspecified atom stereocenters. The van der Waals surface area contributed by atoms with E-state index in [0.717, 1.165) is 23.4 Å². The Balaban J connectivity index is 1.61. The van der Waals surface area contributed by atoms with Gasteiger partial charge >= 0.3 is 0 Å². The zero-order valence-corrected chi connectivity index (χ0v) is 16.1. The topological polar surface area (TPSA) is 67.3 Å². The second-order valence-electron chi connectivity index (χ2n) is 6.32. The summed E-state index contributed by atoms with van der Waals surface area (Å²) in [7, 11) is 1.80. The molecule has 2 heterocycles. The van der Waals surface area contributed by atoms with Crippen LogP contribution in [0.2, 0.25) is 0 Å². The monoisotopic (exact) mass is 376 g/mol. The number of benzene rings is 1. The average molecular weight is 376 g/mol. The molecular weight excluding hydrogens is 352 g/mol. The van der Waals surface area contributed by atoms with Gasteiger partial charge in [0.05, 0.1) is 17.9 Å². The number of anilines is 2. The number of nitrogens with one attached hydrogen (secondary N) is 1. The minimum absolute atomic E-state index is 0.0529. The Kier molecular flexibility index (Phi) is 6.57. The fourth-order valence-corrected chi connectivity index (χ4v) is 2.75. The first-order chi connectivity index (χ1) is 13.7. The molecule has 0 aliphatic rings. The normalized spacial score (nSPS) is 10.4. The lowest BCUT2D eigenvalue weighted by Gasteiger charge is -2.17. The molecule has 1 amide bonds. The predicted octanol–water partition coefficient (Wildman–Crippen LogP) is 3.93. The Bertz CT molecular complexity index is 898. The standard InChI is InChI=1S/C22H24N4O2/c1-3-28-20-7-5-4-6-19(20)25-21-9-8-18(16-24-21)22(27)26(2)15-12-17-10-13-23-14-11-17/h4-11,13-14,16H,3,12,15H2,1-2H3,(H,24,25). The summed E-state index contributed by atoms with van der Waals surface area (Å²) >= 11 is 0. The zero-order valence-electron chi connectivity index (χ0n) is 16.1. The van der Waals surface area contributed by atoms with E-state index in [1.807, 2.05) is 43.3 Å². The largest absolute Gasteiger partial charge is 0.492 e. The number of likely N-dealkylation sites (N-methyl/N-ethyl adjacent to an activating group) is 1. The molecule has 0 atom stereocenters. The molecule has 0 saturated carbocycles. The van der Waals surface area contributed by atoms with Crippen molar-refractivity contribution in [3.8, 4) is 5.75 Å². The maximum atomic E-state index is 12.6. The summed E-state index contributed by atoms with van der Waals surface area (Å²) in [4.78, 5) is 22.7. The van der Waals surface area contributed by atoms with Crippen molar-refractivity contribution >= 4 is 17.4 Å². The van der Waals surface area contributed by atoms with Gasteiger partial charge in [-0.05, 0) is 55.3 Å². The van der Waals surface area contributed by atoms with Gasteiger partial charge < -0.3 is 15.0 Å². The Morgan fingerprint density at radius 1 is 1.11 bits per heavy atom. The van der Waals surface area contributed by atoms with E-state index in [-0.39, 0.29) is 5.91 Å². The first-order valence-corrected chi connectivity index (χ1v) is 9.26. The van der Waals surface area contributed by atoms with Crippen LogP contribution in [-0.4, -0.2) is 41.0 Å². The molecule has 3 rings (SSSR count). The highest BCUT2D eigenvalue weighted by molar-refractivity contribution is 5.94. The van der Waals surface area contributed by atoms with E-state index >= 15 is 0 Å². The molecule has 0 aliphatic heterocycles. The van der Waals surface area contributed by atoms with Crippen LogP contribution in [0.3, 0.4) is 0 Å². The third-order valence-corrected chi connectivity index (χ3v) is 4.29. The van der Waals surface area contributed by atoms with Gasteiger partial charge in [-0.15, -0.1) is 0 Å². The van der Waals surface area contributed by atoms with Crippen molar-refractivity contribution in [2.45, 2.75) is 13.3 Å². The van der Waals surface area contributed by atoms with Gasteiger partial charge in [-0.25, -0.2) is 4.98 Å². The van der Waals surface area contributed by atoms with Crippen molar-refractivity contribution in [3.05, 3.63) is 78.2 Å². The highest BCUT2D eigenvalue weighted by Gasteiger charge is 2.12. The van der Waals surface area contributed by atoms with Gasteiger partial charge in [-0.1, -0.05) is 12.1 Å². The van der Waals surface area contributed by atoms with Gasteiger partial charge in [-0.3, -0.25) is 9.78 Å². The summed E-state index contributed by atoms with van der Waals surface area (Å²) < 4.78 is 5.61. The van der Waals surface area contributed by atoms with Gasteiger partial charge in [0.1, 0.15) is 11.6 Å². The van der Waals surface area contributed by atoms with Crippen molar-refractivity contribution < 1.29 is 9.53 Å². The second-order valence-corrected chi connectivity index (χ2v) is 6.32. The molecule has 0 aliphatic carbocycles. The van der Waals surface area contributed by atoms with Crippen LogP contribution >= 0.6 is 0 Å². The first kappa shape index (κ1) is 19.4. The number of carbonyl (C=O) groups excluding carboxylic acids is 1. The second kappa shape index (κ2) is 9.50. The lowest BCUT2D eigenvalue weighted by Crippen LogP contribution is -2.28. The van der Waals surface area contributed by atoms with Crippen LogP contribution in [0.15, 0.2) is 67.1 Å². The Labute approximate surface area is 165 Å². The Morgan fingerprint density at radius 3 is 2.61 bits per heavy atom. The SMILES string of the molecule is CCOc1ccccc1Nc1ccc(C(=O)N(C)CCc2ccncc2)cn1. The highest BCUT2D eigenvalue weighted by atomic mass is 16.5. The van der Waals surface area contributed by atoms with Crippen LogP contribution in [0.5, 0.6) is 5.75 Å². The molecule has 0 bridgehead atoms. The van der Waals surface area contributed by atoms with Gasteiger partial charge in [0.15, 0.2) is 0 Å². The maximum Gasteiger partial charge on any atom is 0.255 e. The smallest absolute Gasteiger partial charge is 0.255 e. The van der Waals surface area contributed by atoms with Gasteiger partial charge in [0, 0.05) is 32.2 Å². The number of hydrogen-bond acceptors (Lipinski definition) is 5. The molecule has 1 aromatic carbocycles. The summed E-state index contributed by atoms with van der Waals surface area (Å²) in [5, 5.41) is 3.23. The lowest BCUT2D eigenvalue weighted by atomic mass is 10.2. The number of carbonyl (C=O) groups is 1. The Morgan fingerprint density at radius 2 is 1.89 bits per heavy atom. The van der Waals surface area contributed by atoms with E-state index in [9.17, 15) is 4.79 Å². The molecule has 6 heteroatoms. The summed E-state index contributed by atoms with van der Waals surface area (Å²) in [6, 6.07) is 15.2. The van der Waals surface area contributed by atoms with E-state index < -0.39 is 0 Å². The number of aromatic nitrogens is 2. The molecule has 0 radical (unpaired) electrons. The maximum absolute atomic E-state index is 12.6. The van der Waals surface area contributed by atoms with E-state index in [2.05, 4.69) is 15.3 Å². The number of para-hydroxylation sites is 2. The minimum Gasteiger partial charge on any atom is -0.492 e. The molecule has 3 aromatic rings. The molecule has 0 fully saturated rings. The van der Waals surface area contributed by atoms with Crippen molar-refractivity contribution in [1.29, 1.82) is 0 Å². The van der Waals surface area contributed by atoms with E-state index in [1.165, 1.54) is 0 Å². The number of pyridine rings is 2. The number of hydrogen-bond donors (Lipinski definition) is 1. The predicted molar refractivity (Wildman–Crippen MR) is 110 cm³/mol. The molecule has 2 aromatic heterocycles. The summed E-state index contributed by atoms with van der Waals surface area (Å²) in [6.45, 7) is 3.16. The molecule has 1 N–H and O–H groups in total. The summed E-state index contributed by atoms with van der Waals surface area (Å²) in [5.74, 6) is 1.37. The van der Waals surface area contributed by atoms with Crippen LogP contribution in [0.1, 0.15) is 22.8 Å². The van der Waals surface area contributed by atoms with Gasteiger partial charge in [0.25, 0.3) is 5.91 Å². The van der Waals surface area contributed by atoms with Crippen LogP contribution in [-0.2, 0) is 6.42 Å². The fourth-order valence-electron chi connectivity index (χ4n) is 2.75. The van der Waals surface area contributed by atoms with Crippen molar-refractivity contribution in [3.63, 3.8) is 0 Å². The number of nitrogens with zero attached hydrogens (tertiary/aromatic N) is 3. The van der Waals surface area contributed by atoms with E-state index in [1.54, 1.807) is 42.7 Å². The third kappa shape index (κ3) is 5.07. The van der Waals surface area contributed by atoms with Crippen LogP contribution < -0.4 is 10.1 Å². The molecule has 6 nitrogen and oxygen atoms in total. The van der Waals surface area contributed by atoms with Gasteiger partial charge in [0.2, 0.25) is 0 Å². The summed E-state index contributed by atoms with van der Waals surface area (Å²) in [6.07, 6.45) is 5.90. The van der Waals surface area contributed by atoms with E-state index in [0.29, 0.717) is 24.5 Å². The van der Waals surface area contributed by atoms with Crippen LogP contribution in [0.4, 0.5) is 11.5 Å². The Hall–Kier alpha value is -3.41. The van der Waals surface area contributed by atoms with Crippen molar-refractivity contribution in [2.75, 3.05) is 25.5 Å². The van der Waals surface area contributed by atoms with Crippen LogP contribution in [0.25, 0.3) is 0 Å². The van der Waals surface area contributed by atoms with Crippen molar-refractivity contribution in [2.24, 2.45) is 0 Å². The number of rotatable bonds is 8. The molecule has 0 spiro atoms. The van der Waals surface area contributed by atoms with Crippen LogP contribution in [0, 0.1) is 0 Å². The number of ether oxygens (including phenoxy) is 1. The van der Waals surface area contributed by atoms with Crippen molar-refractivity contribution in [1.82, 2.24) is 14.9 Å². The summed E-state index contributed by atoms with van der Waals surface area (Å²) in [5.41, 5.74) is 2.55. The number of amides is 1. The minimum atomic E-state index is -0.0529. The molecule has 144 valence electrons. The molecule has 28 heavy (non-hydrogen) atoms. The van der Waals surface area contributed by atoms with E-state index in [4.69, 9.17) is 4.74 Å². The molecular formula is C22H24N4O2. The highest BCUT2D eigenvalue weighted by Crippen LogP contribution is 2.26. The third-order valence-electron chi connectivity index (χ3n) is 4.29. The first-order valence-electron chi connectivity index (χ1n) is 9.26. The quantitative estimate of drug-likeness (QED) is 0.645. The molecule has 0 saturated heterocycles. The lowest BCUT2D eigenvalue weighted by molar-refractivity contribution is 0.0796. The zero-order chi connectivity index (χ0) is 19.8.